The Hall–Kier alpha value is -3.89. The summed E-state index contributed by atoms with van der Waals surface area (Å²) in [6, 6.07) is 13.1. The number of carbonyl (C=O) groups excluding carboxylic acids is 2. The number of rotatable bonds is 18. The van der Waals surface area contributed by atoms with Crippen molar-refractivity contribution in [1.82, 2.24) is 24.4 Å². The lowest BCUT2D eigenvalue weighted by Gasteiger charge is -2.34. The predicted molar refractivity (Wildman–Crippen MR) is 192 cm³/mol. The van der Waals surface area contributed by atoms with Crippen molar-refractivity contribution in [2.24, 2.45) is 17.0 Å². The van der Waals surface area contributed by atoms with Gasteiger partial charge in [-0.15, -0.1) is 11.3 Å². The highest BCUT2D eigenvalue weighted by molar-refractivity contribution is 7.89. The molecule has 4 rings (SSSR count). The molecule has 1 aliphatic rings. The van der Waals surface area contributed by atoms with Crippen molar-refractivity contribution < 1.29 is 33.4 Å². The number of thiazole rings is 1. The summed E-state index contributed by atoms with van der Waals surface area (Å²) in [4.78, 5) is 35.4. The van der Waals surface area contributed by atoms with Crippen LogP contribution in [0.5, 0.6) is 0 Å². The molecule has 1 unspecified atom stereocenters. The normalized spacial score (nSPS) is 16.4. The Labute approximate surface area is 298 Å². The molecule has 13 nitrogen and oxygen atoms in total. The number of urea groups is 1. The summed E-state index contributed by atoms with van der Waals surface area (Å²) in [5.74, 6) is -0.943. The van der Waals surface area contributed by atoms with Crippen LogP contribution < -0.4 is 5.32 Å². The lowest BCUT2D eigenvalue weighted by atomic mass is 9.97. The van der Waals surface area contributed by atoms with Crippen LogP contribution in [0.3, 0.4) is 0 Å². The first-order valence-electron chi connectivity index (χ1n) is 16.7. The second-order valence-corrected chi connectivity index (χ2v) is 16.1. The van der Waals surface area contributed by atoms with E-state index in [9.17, 15) is 28.2 Å². The second kappa shape index (κ2) is 17.9. The van der Waals surface area contributed by atoms with E-state index in [0.29, 0.717) is 31.6 Å². The molecule has 1 aliphatic heterocycles. The Balaban J connectivity index is 1.59. The van der Waals surface area contributed by atoms with Gasteiger partial charge in [0.1, 0.15) is 6.04 Å². The number of oxime groups is 1. The van der Waals surface area contributed by atoms with E-state index in [0.717, 1.165) is 16.3 Å². The maximum absolute atomic E-state index is 14.1. The molecule has 3 aromatic rings. The zero-order valence-corrected chi connectivity index (χ0v) is 30.6. The number of aliphatic hydroxyl groups excluding tert-OH is 2. The van der Waals surface area contributed by atoms with Gasteiger partial charge >= 0.3 is 6.03 Å². The van der Waals surface area contributed by atoms with Crippen molar-refractivity contribution in [3.63, 3.8) is 0 Å². The maximum atomic E-state index is 14.1. The predicted octanol–water partition coefficient (Wildman–Crippen LogP) is 3.32. The minimum Gasteiger partial charge on any atom is -0.411 e. The summed E-state index contributed by atoms with van der Waals surface area (Å²) in [7, 11) is -4.15. The summed E-state index contributed by atoms with van der Waals surface area (Å²) in [6.45, 7) is 8.11. The van der Waals surface area contributed by atoms with Gasteiger partial charge in [0.2, 0.25) is 15.9 Å². The Kier molecular flexibility index (Phi) is 13.9. The first-order chi connectivity index (χ1) is 23.8. The number of hydrogen-bond donors (Lipinski definition) is 4. The first kappa shape index (κ1) is 38.9. The zero-order valence-electron chi connectivity index (χ0n) is 28.9. The fourth-order valence-electron chi connectivity index (χ4n) is 6.11. The monoisotopic (exact) mass is 728 g/mol. The molecule has 0 radical (unpaired) electrons. The Morgan fingerprint density at radius 3 is 2.40 bits per heavy atom. The third-order valence-electron chi connectivity index (χ3n) is 8.73. The first-order valence-corrected chi connectivity index (χ1v) is 19.0. The number of hydrogen-bond acceptors (Lipinski definition) is 10. The van der Waals surface area contributed by atoms with Crippen molar-refractivity contribution >= 4 is 39.5 Å². The van der Waals surface area contributed by atoms with Crippen LogP contribution in [0.2, 0.25) is 0 Å². The zero-order chi connectivity index (χ0) is 36.4. The molecule has 4 atom stereocenters. The summed E-state index contributed by atoms with van der Waals surface area (Å²) in [5, 5.41) is 39.0. The Morgan fingerprint density at radius 1 is 1.10 bits per heavy atom. The number of sulfonamides is 1. The van der Waals surface area contributed by atoms with Gasteiger partial charge in [0.25, 0.3) is 0 Å². The molecule has 0 spiro atoms. The topological polar surface area (TPSA) is 176 Å². The van der Waals surface area contributed by atoms with Gasteiger partial charge < -0.3 is 30.5 Å². The number of aromatic nitrogens is 1. The molecular weight excluding hydrogens is 681 g/mol. The maximum Gasteiger partial charge on any atom is 0.321 e. The van der Waals surface area contributed by atoms with Crippen LogP contribution in [-0.2, 0) is 27.8 Å². The molecule has 0 bridgehead atoms. The fourth-order valence-corrected chi connectivity index (χ4v) is 8.30. The Bertz CT molecular complexity index is 1680. The molecule has 0 saturated carbocycles. The highest BCUT2D eigenvalue weighted by Gasteiger charge is 2.40. The van der Waals surface area contributed by atoms with E-state index in [4.69, 9.17) is 5.21 Å². The lowest BCUT2D eigenvalue weighted by Crippen LogP contribution is -2.57. The average Bonchev–Trinajstić information content (AvgIpc) is 3.65. The van der Waals surface area contributed by atoms with E-state index < -0.39 is 34.1 Å². The largest absolute Gasteiger partial charge is 0.411 e. The van der Waals surface area contributed by atoms with E-state index in [-0.39, 0.29) is 48.9 Å². The summed E-state index contributed by atoms with van der Waals surface area (Å²) in [5.41, 5.74) is 2.11. The molecular formula is C35H48N6O7S2. The van der Waals surface area contributed by atoms with Gasteiger partial charge in [-0.05, 0) is 54.9 Å². The summed E-state index contributed by atoms with van der Waals surface area (Å²) in [6.07, 6.45) is 0.383. The number of carbonyl (C=O) groups is 2. The van der Waals surface area contributed by atoms with E-state index >= 15 is 0 Å². The summed E-state index contributed by atoms with van der Waals surface area (Å²) >= 11 is 1.51. The molecule has 0 aliphatic carbocycles. The van der Waals surface area contributed by atoms with Crippen LogP contribution in [0.15, 0.2) is 70.0 Å². The SMILES string of the molecule is Cc1nc(CN2CCN([C@H](C(=O)N[C@@H](Cc3ccccc3)[C@H](O)CN(CC(C)CCO)S(=O)(=O)c3ccc(/C=N/O)cc3)C(C)C)C2=O)cs1. The number of nitrogens with zero attached hydrogens (tertiary/aromatic N) is 5. The quantitative estimate of drug-likeness (QED) is 0.0877. The summed E-state index contributed by atoms with van der Waals surface area (Å²) < 4.78 is 29.1. The third kappa shape index (κ3) is 10.1. The molecule has 4 N–H and O–H groups in total. The van der Waals surface area contributed by atoms with Crippen molar-refractivity contribution in [3.05, 3.63) is 81.8 Å². The number of benzene rings is 2. The fraction of sp³-hybridized carbons (Fsp3) is 0.486. The third-order valence-corrected chi connectivity index (χ3v) is 11.4. The van der Waals surface area contributed by atoms with Crippen LogP contribution in [0.4, 0.5) is 4.79 Å². The number of aliphatic hydroxyl groups is 2. The minimum absolute atomic E-state index is 0.0110. The van der Waals surface area contributed by atoms with Gasteiger partial charge in [0.05, 0.1) is 40.5 Å². The molecule has 50 heavy (non-hydrogen) atoms. The number of nitrogens with one attached hydrogen (secondary N) is 1. The van der Waals surface area contributed by atoms with Crippen LogP contribution >= 0.6 is 11.3 Å². The van der Waals surface area contributed by atoms with E-state index in [2.05, 4.69) is 15.5 Å². The van der Waals surface area contributed by atoms with Crippen LogP contribution in [-0.4, -0.2) is 112 Å². The highest BCUT2D eigenvalue weighted by atomic mass is 32.2. The number of amides is 3. The van der Waals surface area contributed by atoms with Gasteiger partial charge in [-0.2, -0.15) is 4.31 Å². The van der Waals surface area contributed by atoms with Gasteiger partial charge in [-0.1, -0.05) is 68.4 Å². The van der Waals surface area contributed by atoms with Crippen molar-refractivity contribution in [2.75, 3.05) is 32.8 Å². The van der Waals surface area contributed by atoms with Crippen molar-refractivity contribution in [3.8, 4) is 0 Å². The molecule has 1 saturated heterocycles. The average molecular weight is 729 g/mol. The van der Waals surface area contributed by atoms with Crippen LogP contribution in [0.1, 0.15) is 49.0 Å². The molecule has 1 aromatic heterocycles. The minimum atomic E-state index is -4.15. The molecule has 272 valence electrons. The van der Waals surface area contributed by atoms with Crippen LogP contribution in [0, 0.1) is 18.8 Å². The van der Waals surface area contributed by atoms with Gasteiger partial charge in [0.15, 0.2) is 0 Å². The van der Waals surface area contributed by atoms with Crippen molar-refractivity contribution in [2.45, 2.75) is 70.2 Å². The highest BCUT2D eigenvalue weighted by Crippen LogP contribution is 2.23. The smallest absolute Gasteiger partial charge is 0.321 e. The van der Waals surface area contributed by atoms with E-state index in [1.54, 1.807) is 9.80 Å². The van der Waals surface area contributed by atoms with Gasteiger partial charge in [0, 0.05) is 38.2 Å². The molecule has 2 heterocycles. The second-order valence-electron chi connectivity index (χ2n) is 13.1. The molecule has 3 amide bonds. The van der Waals surface area contributed by atoms with Crippen molar-refractivity contribution in [1.29, 1.82) is 0 Å². The van der Waals surface area contributed by atoms with Gasteiger partial charge in [-0.25, -0.2) is 18.2 Å². The Morgan fingerprint density at radius 2 is 1.80 bits per heavy atom. The van der Waals surface area contributed by atoms with Gasteiger partial charge in [-0.3, -0.25) is 4.79 Å². The standard InChI is InChI=1S/C35H48N6O7S2/c1-24(2)33(41-16-15-39(35(41)45)21-29-23-49-26(4)37-29)34(44)38-31(18-27-8-6-5-7-9-27)32(43)22-40(20-25(3)14-17-42)50(47,48)30-12-10-28(11-13-30)19-36-46/h5-13,19,23-25,31-33,42-43,46H,14-18,20-22H2,1-4H3,(H,38,44)/b36-19+/t25?,31-,32+,33-/m0/s1. The number of aryl methyl sites for hydroxylation is 1. The van der Waals surface area contributed by atoms with E-state index in [1.165, 1.54) is 46.1 Å². The van der Waals surface area contributed by atoms with Crippen LogP contribution in [0.25, 0.3) is 0 Å². The molecule has 2 aromatic carbocycles. The van der Waals surface area contributed by atoms with E-state index in [1.807, 2.05) is 63.4 Å². The lowest BCUT2D eigenvalue weighted by molar-refractivity contribution is -0.128. The molecule has 1 fully saturated rings. The molecule has 15 heteroatoms.